The third-order valence-corrected chi connectivity index (χ3v) is 4.66. The molecule has 2 unspecified atom stereocenters. The van der Waals surface area contributed by atoms with Crippen LogP contribution in [0, 0.1) is 11.3 Å². The van der Waals surface area contributed by atoms with E-state index >= 15 is 0 Å². The van der Waals surface area contributed by atoms with E-state index < -0.39 is 0 Å². The summed E-state index contributed by atoms with van der Waals surface area (Å²) in [7, 11) is 0. The van der Waals surface area contributed by atoms with Gasteiger partial charge in [0.25, 0.3) is 11.8 Å². The van der Waals surface area contributed by atoms with E-state index in [9.17, 15) is 9.59 Å². The molecule has 1 saturated carbocycles. The number of rotatable bonds is 1. The molecule has 2 atom stereocenters. The van der Waals surface area contributed by atoms with Crippen LogP contribution in [-0.4, -0.2) is 46.1 Å². The van der Waals surface area contributed by atoms with Crippen molar-refractivity contribution in [1.82, 2.24) is 20.0 Å². The first kappa shape index (κ1) is 11.0. The fourth-order valence-electron chi connectivity index (χ4n) is 3.31. The topological polar surface area (TPSA) is 67.2 Å². The molecule has 0 radical (unpaired) electrons. The molecular weight excluding hydrogens is 244 g/mol. The third-order valence-electron chi connectivity index (χ3n) is 4.66. The lowest BCUT2D eigenvalue weighted by Crippen LogP contribution is -2.35. The first-order valence-corrected chi connectivity index (χ1v) is 6.72. The Morgan fingerprint density at radius 1 is 1.58 bits per heavy atom. The van der Waals surface area contributed by atoms with Crippen molar-refractivity contribution in [1.29, 1.82) is 0 Å². The van der Waals surface area contributed by atoms with Crippen molar-refractivity contribution < 1.29 is 9.59 Å². The van der Waals surface area contributed by atoms with Crippen LogP contribution in [-0.2, 0) is 6.54 Å². The lowest BCUT2D eigenvalue weighted by molar-refractivity contribution is 0.0759. The molecule has 1 N–H and O–H groups in total. The number of nitrogens with zero attached hydrogens (tertiary/aromatic N) is 3. The summed E-state index contributed by atoms with van der Waals surface area (Å²) in [5, 5.41) is 7.03. The Hall–Kier alpha value is -1.85. The molecule has 1 saturated heterocycles. The van der Waals surface area contributed by atoms with Gasteiger partial charge in [-0.15, -0.1) is 0 Å². The number of aromatic nitrogens is 2. The second kappa shape index (κ2) is 3.37. The molecule has 0 aromatic carbocycles. The zero-order chi connectivity index (χ0) is 13.2. The maximum absolute atomic E-state index is 12.4. The quantitative estimate of drug-likeness (QED) is 0.779. The van der Waals surface area contributed by atoms with E-state index in [0.29, 0.717) is 35.8 Å². The number of piperidine rings is 1. The maximum Gasteiger partial charge on any atom is 0.274 e. The molecule has 2 amide bonds. The average Bonchev–Trinajstić information content (AvgIpc) is 2.79. The SMILES string of the molecule is CC12CC1CN(C(=O)c1cc3n(n1)CCNC3=O)C2. The highest BCUT2D eigenvalue weighted by Gasteiger charge is 2.57. The molecule has 3 aliphatic rings. The van der Waals surface area contributed by atoms with Crippen molar-refractivity contribution in [2.24, 2.45) is 11.3 Å². The number of likely N-dealkylation sites (tertiary alicyclic amines) is 1. The number of fused-ring (bicyclic) bond motifs is 2. The van der Waals surface area contributed by atoms with Crippen LogP contribution in [0.2, 0.25) is 0 Å². The predicted octanol–water partition coefficient (Wildman–Crippen LogP) is 0.109. The fourth-order valence-corrected chi connectivity index (χ4v) is 3.31. The van der Waals surface area contributed by atoms with Crippen LogP contribution >= 0.6 is 0 Å². The molecule has 1 aromatic rings. The summed E-state index contributed by atoms with van der Waals surface area (Å²) in [6.45, 7) is 5.10. The van der Waals surface area contributed by atoms with E-state index in [1.807, 2.05) is 4.90 Å². The number of carbonyl (C=O) groups excluding carboxylic acids is 2. The fraction of sp³-hybridized carbons (Fsp3) is 0.615. The molecule has 0 spiro atoms. The van der Waals surface area contributed by atoms with Gasteiger partial charge in [-0.2, -0.15) is 5.10 Å². The maximum atomic E-state index is 12.4. The van der Waals surface area contributed by atoms with Gasteiger partial charge < -0.3 is 10.2 Å². The average molecular weight is 260 g/mol. The summed E-state index contributed by atoms with van der Waals surface area (Å²) in [6, 6.07) is 1.61. The van der Waals surface area contributed by atoms with E-state index in [1.54, 1.807) is 10.7 Å². The highest BCUT2D eigenvalue weighted by molar-refractivity contribution is 5.98. The first-order chi connectivity index (χ1) is 9.07. The van der Waals surface area contributed by atoms with E-state index in [2.05, 4.69) is 17.3 Å². The summed E-state index contributed by atoms with van der Waals surface area (Å²) < 4.78 is 1.63. The van der Waals surface area contributed by atoms with Crippen molar-refractivity contribution in [3.05, 3.63) is 17.5 Å². The highest BCUT2D eigenvalue weighted by Crippen LogP contribution is 2.57. The summed E-state index contributed by atoms with van der Waals surface area (Å²) in [6.07, 6.45) is 1.23. The van der Waals surface area contributed by atoms with E-state index in [-0.39, 0.29) is 11.8 Å². The zero-order valence-electron chi connectivity index (χ0n) is 10.8. The Bertz CT molecular complexity index is 593. The largest absolute Gasteiger partial charge is 0.349 e. The van der Waals surface area contributed by atoms with E-state index in [1.165, 1.54) is 6.42 Å². The van der Waals surface area contributed by atoms with Crippen LogP contribution in [0.5, 0.6) is 0 Å². The molecule has 2 fully saturated rings. The Balaban J connectivity index is 1.59. The van der Waals surface area contributed by atoms with Gasteiger partial charge in [0.1, 0.15) is 5.69 Å². The molecule has 0 bridgehead atoms. The van der Waals surface area contributed by atoms with Gasteiger partial charge >= 0.3 is 0 Å². The van der Waals surface area contributed by atoms with E-state index in [4.69, 9.17) is 0 Å². The van der Waals surface area contributed by atoms with Gasteiger partial charge in [-0.3, -0.25) is 14.3 Å². The molecule has 6 nitrogen and oxygen atoms in total. The van der Waals surface area contributed by atoms with Crippen LogP contribution in [0.4, 0.5) is 0 Å². The van der Waals surface area contributed by atoms with Gasteiger partial charge in [-0.1, -0.05) is 6.92 Å². The van der Waals surface area contributed by atoms with Crippen molar-refractivity contribution in [3.8, 4) is 0 Å². The van der Waals surface area contributed by atoms with Crippen molar-refractivity contribution >= 4 is 11.8 Å². The van der Waals surface area contributed by atoms with Crippen LogP contribution < -0.4 is 5.32 Å². The summed E-state index contributed by atoms with van der Waals surface area (Å²) in [4.78, 5) is 25.9. The van der Waals surface area contributed by atoms with E-state index in [0.717, 1.165) is 13.1 Å². The number of hydrogen-bond acceptors (Lipinski definition) is 3. The van der Waals surface area contributed by atoms with Crippen LogP contribution in [0.1, 0.15) is 34.3 Å². The minimum atomic E-state index is -0.144. The molecule has 100 valence electrons. The first-order valence-electron chi connectivity index (χ1n) is 6.72. The number of hydrogen-bond donors (Lipinski definition) is 1. The molecule has 6 heteroatoms. The van der Waals surface area contributed by atoms with Gasteiger partial charge in [-0.25, -0.2) is 0 Å². The Kier molecular flexibility index (Phi) is 1.96. The standard InChI is InChI=1S/C13H16N4O2/c1-13-5-8(13)6-16(7-13)12(19)9-4-10-11(18)14-2-3-17(10)15-9/h4,8H,2-3,5-7H2,1H3,(H,14,18). The van der Waals surface area contributed by atoms with Crippen LogP contribution in [0.3, 0.4) is 0 Å². The number of nitrogens with one attached hydrogen (secondary N) is 1. The van der Waals surface area contributed by atoms with Crippen LogP contribution in [0.25, 0.3) is 0 Å². The lowest BCUT2D eigenvalue weighted by Gasteiger charge is -2.18. The van der Waals surface area contributed by atoms with Crippen molar-refractivity contribution in [2.75, 3.05) is 19.6 Å². The number of carbonyl (C=O) groups is 2. The van der Waals surface area contributed by atoms with Gasteiger partial charge in [-0.05, 0) is 17.8 Å². The number of amides is 2. The Morgan fingerprint density at radius 2 is 2.42 bits per heavy atom. The van der Waals surface area contributed by atoms with Gasteiger partial charge in [0, 0.05) is 25.7 Å². The molecule has 1 aliphatic carbocycles. The molecule has 3 heterocycles. The van der Waals surface area contributed by atoms with Gasteiger partial charge in [0.05, 0.1) is 6.54 Å². The molecule has 19 heavy (non-hydrogen) atoms. The third kappa shape index (κ3) is 1.52. The second-order valence-electron chi connectivity index (χ2n) is 6.13. The van der Waals surface area contributed by atoms with Crippen molar-refractivity contribution in [2.45, 2.75) is 19.9 Å². The van der Waals surface area contributed by atoms with Gasteiger partial charge in [0.15, 0.2) is 5.69 Å². The predicted molar refractivity (Wildman–Crippen MR) is 66.7 cm³/mol. The van der Waals surface area contributed by atoms with Gasteiger partial charge in [0.2, 0.25) is 0 Å². The molecule has 1 aromatic heterocycles. The van der Waals surface area contributed by atoms with Crippen molar-refractivity contribution in [3.63, 3.8) is 0 Å². The summed E-state index contributed by atoms with van der Waals surface area (Å²) in [5.41, 5.74) is 1.23. The molecule has 2 aliphatic heterocycles. The Morgan fingerprint density at radius 3 is 3.11 bits per heavy atom. The summed E-state index contributed by atoms with van der Waals surface area (Å²) >= 11 is 0. The smallest absolute Gasteiger partial charge is 0.274 e. The highest BCUT2D eigenvalue weighted by atomic mass is 16.2. The Labute approximate surface area is 110 Å². The minimum absolute atomic E-state index is 0.0388. The zero-order valence-corrected chi connectivity index (χ0v) is 10.8. The molecular formula is C13H16N4O2. The summed E-state index contributed by atoms with van der Waals surface area (Å²) in [5.74, 6) is 0.481. The lowest BCUT2D eigenvalue weighted by atomic mass is 10.1. The van der Waals surface area contributed by atoms with Crippen LogP contribution in [0.15, 0.2) is 6.07 Å². The normalized spacial score (nSPS) is 31.7. The molecule has 4 rings (SSSR count). The second-order valence-corrected chi connectivity index (χ2v) is 6.13. The monoisotopic (exact) mass is 260 g/mol. The minimum Gasteiger partial charge on any atom is -0.349 e.